The molecule has 3 amide bonds. The zero-order valence-corrected chi connectivity index (χ0v) is 17.6. The maximum atomic E-state index is 12.8. The third kappa shape index (κ3) is 5.33. The second-order valence-electron chi connectivity index (χ2n) is 7.49. The van der Waals surface area contributed by atoms with Gasteiger partial charge in [0.2, 0.25) is 11.8 Å². The van der Waals surface area contributed by atoms with Crippen molar-refractivity contribution in [3.63, 3.8) is 0 Å². The molecular formula is C21H24ClN5O3. The molecule has 0 aromatic carbocycles. The predicted octanol–water partition coefficient (Wildman–Crippen LogP) is 3.22. The molecule has 0 bridgehead atoms. The monoisotopic (exact) mass is 429 g/mol. The Balaban J connectivity index is 1.63. The number of aromatic nitrogens is 2. The molecule has 1 aliphatic rings. The van der Waals surface area contributed by atoms with Gasteiger partial charge in [-0.3, -0.25) is 14.4 Å². The lowest BCUT2D eigenvalue weighted by molar-refractivity contribution is -0.135. The number of rotatable bonds is 5. The Morgan fingerprint density at radius 1 is 1.00 bits per heavy atom. The molecule has 1 saturated carbocycles. The summed E-state index contributed by atoms with van der Waals surface area (Å²) in [6, 6.07) is 6.48. The van der Waals surface area contributed by atoms with Crippen molar-refractivity contribution in [2.45, 2.75) is 25.7 Å². The second kappa shape index (κ2) is 9.67. The number of anilines is 2. The van der Waals surface area contributed by atoms with E-state index in [-0.39, 0.29) is 29.3 Å². The van der Waals surface area contributed by atoms with Gasteiger partial charge >= 0.3 is 0 Å². The van der Waals surface area contributed by atoms with Crippen LogP contribution in [0.2, 0.25) is 5.02 Å². The summed E-state index contributed by atoms with van der Waals surface area (Å²) < 4.78 is 0. The molecule has 2 N–H and O–H groups in total. The number of halogens is 1. The Labute approximate surface area is 180 Å². The van der Waals surface area contributed by atoms with E-state index in [9.17, 15) is 14.4 Å². The molecule has 1 aliphatic carbocycles. The van der Waals surface area contributed by atoms with Crippen LogP contribution in [0.3, 0.4) is 0 Å². The lowest BCUT2D eigenvalue weighted by Gasteiger charge is -2.28. The number of nitrogens with zero attached hydrogens (tertiary/aromatic N) is 3. The summed E-state index contributed by atoms with van der Waals surface area (Å²) in [5.41, 5.74) is 0.430. The summed E-state index contributed by atoms with van der Waals surface area (Å²) in [7, 11) is 3.49. The summed E-state index contributed by atoms with van der Waals surface area (Å²) in [6.45, 7) is 0. The number of amides is 3. The van der Waals surface area contributed by atoms with Gasteiger partial charge in [0.25, 0.3) is 5.91 Å². The van der Waals surface area contributed by atoms with Gasteiger partial charge in [0.05, 0.1) is 10.7 Å². The van der Waals surface area contributed by atoms with Crippen molar-refractivity contribution in [2.75, 3.05) is 24.7 Å². The van der Waals surface area contributed by atoms with Gasteiger partial charge in [0.15, 0.2) is 5.69 Å². The number of carbonyl (C=O) groups is 3. The van der Waals surface area contributed by atoms with E-state index < -0.39 is 5.91 Å². The van der Waals surface area contributed by atoms with Gasteiger partial charge in [-0.1, -0.05) is 11.6 Å². The van der Waals surface area contributed by atoms with Crippen molar-refractivity contribution in [2.24, 2.45) is 11.8 Å². The van der Waals surface area contributed by atoms with Crippen molar-refractivity contribution >= 4 is 40.8 Å². The maximum absolute atomic E-state index is 12.8. The maximum Gasteiger partial charge on any atom is 0.277 e. The molecule has 0 saturated heterocycles. The smallest absolute Gasteiger partial charge is 0.277 e. The minimum atomic E-state index is -0.485. The fourth-order valence-electron chi connectivity index (χ4n) is 3.51. The molecule has 2 aromatic rings. The molecule has 0 unspecified atom stereocenters. The molecule has 0 radical (unpaired) electrons. The first-order chi connectivity index (χ1) is 14.3. The van der Waals surface area contributed by atoms with Gasteiger partial charge < -0.3 is 15.5 Å². The van der Waals surface area contributed by atoms with E-state index in [1.54, 1.807) is 43.3 Å². The Morgan fingerprint density at radius 3 is 2.33 bits per heavy atom. The Bertz CT molecular complexity index is 924. The molecule has 0 aliphatic heterocycles. The van der Waals surface area contributed by atoms with Gasteiger partial charge in [-0.2, -0.15) is 0 Å². The zero-order chi connectivity index (χ0) is 21.7. The molecule has 1 fully saturated rings. The topological polar surface area (TPSA) is 104 Å². The van der Waals surface area contributed by atoms with Crippen LogP contribution in [-0.4, -0.2) is 46.7 Å². The van der Waals surface area contributed by atoms with E-state index in [1.807, 2.05) is 0 Å². The van der Waals surface area contributed by atoms with Crippen molar-refractivity contribution in [3.8, 4) is 0 Å². The summed E-state index contributed by atoms with van der Waals surface area (Å²) >= 11 is 5.81. The van der Waals surface area contributed by atoms with Gasteiger partial charge in [-0.05, 0) is 49.9 Å². The van der Waals surface area contributed by atoms with Crippen LogP contribution in [0, 0.1) is 11.8 Å². The third-order valence-corrected chi connectivity index (χ3v) is 5.36. The fourth-order valence-corrected chi connectivity index (χ4v) is 3.63. The molecule has 8 nitrogen and oxygen atoms in total. The normalized spacial score (nSPS) is 18.4. The number of pyridine rings is 2. The average molecular weight is 430 g/mol. The van der Waals surface area contributed by atoms with Crippen LogP contribution < -0.4 is 10.6 Å². The van der Waals surface area contributed by atoms with Gasteiger partial charge in [0.1, 0.15) is 5.82 Å². The Kier molecular flexibility index (Phi) is 6.99. The van der Waals surface area contributed by atoms with Crippen molar-refractivity contribution in [3.05, 3.63) is 47.4 Å². The first-order valence-corrected chi connectivity index (χ1v) is 10.1. The van der Waals surface area contributed by atoms with E-state index in [2.05, 4.69) is 20.6 Å². The van der Waals surface area contributed by atoms with Crippen molar-refractivity contribution in [1.29, 1.82) is 0 Å². The van der Waals surface area contributed by atoms with E-state index in [4.69, 9.17) is 11.6 Å². The van der Waals surface area contributed by atoms with Crippen LogP contribution in [0.5, 0.6) is 0 Å². The van der Waals surface area contributed by atoms with E-state index in [0.29, 0.717) is 42.2 Å². The second-order valence-corrected chi connectivity index (χ2v) is 7.92. The lowest BCUT2D eigenvalue weighted by atomic mass is 9.81. The van der Waals surface area contributed by atoms with Crippen molar-refractivity contribution in [1.82, 2.24) is 14.9 Å². The molecule has 9 heteroatoms. The SMILES string of the molecule is CN(C)C(=O)[C@H]1CC[C@H](C(=O)Nc2cccnc2C(=O)Nc2ccc(Cl)cn2)CC1. The molecule has 30 heavy (non-hydrogen) atoms. The van der Waals surface area contributed by atoms with Crippen LogP contribution in [0.4, 0.5) is 11.5 Å². The molecule has 0 spiro atoms. The number of hydrogen-bond acceptors (Lipinski definition) is 5. The van der Waals surface area contributed by atoms with Gasteiger partial charge in [-0.25, -0.2) is 9.97 Å². The quantitative estimate of drug-likeness (QED) is 0.759. The summed E-state index contributed by atoms with van der Waals surface area (Å²) in [4.78, 5) is 47.2. The highest BCUT2D eigenvalue weighted by molar-refractivity contribution is 6.30. The Morgan fingerprint density at radius 2 is 1.70 bits per heavy atom. The van der Waals surface area contributed by atoms with E-state index in [0.717, 1.165) is 0 Å². The molecular weight excluding hydrogens is 406 g/mol. The molecule has 2 heterocycles. The molecule has 2 aromatic heterocycles. The van der Waals surface area contributed by atoms with Gasteiger partial charge in [0, 0.05) is 38.3 Å². The number of hydrogen-bond donors (Lipinski definition) is 2. The summed E-state index contributed by atoms with van der Waals surface area (Å²) in [5.74, 6) is -0.452. The molecule has 158 valence electrons. The van der Waals surface area contributed by atoms with E-state index in [1.165, 1.54) is 12.4 Å². The van der Waals surface area contributed by atoms with Crippen LogP contribution >= 0.6 is 11.6 Å². The highest BCUT2D eigenvalue weighted by atomic mass is 35.5. The highest BCUT2D eigenvalue weighted by Gasteiger charge is 2.31. The van der Waals surface area contributed by atoms with E-state index >= 15 is 0 Å². The average Bonchev–Trinajstić information content (AvgIpc) is 2.75. The first-order valence-electron chi connectivity index (χ1n) is 9.75. The number of nitrogens with one attached hydrogen (secondary N) is 2. The lowest BCUT2D eigenvalue weighted by Crippen LogP contribution is -2.35. The minimum Gasteiger partial charge on any atom is -0.349 e. The first kappa shape index (κ1) is 21.7. The van der Waals surface area contributed by atoms with Crippen LogP contribution in [0.15, 0.2) is 36.7 Å². The third-order valence-electron chi connectivity index (χ3n) is 5.14. The zero-order valence-electron chi connectivity index (χ0n) is 16.9. The largest absolute Gasteiger partial charge is 0.349 e. The van der Waals surface area contributed by atoms with Crippen LogP contribution in [0.1, 0.15) is 36.2 Å². The number of carbonyl (C=O) groups excluding carboxylic acids is 3. The fraction of sp³-hybridized carbons (Fsp3) is 0.381. The molecule has 0 atom stereocenters. The van der Waals surface area contributed by atoms with Crippen LogP contribution in [0.25, 0.3) is 0 Å². The summed E-state index contributed by atoms with van der Waals surface area (Å²) in [6.07, 6.45) is 5.53. The molecule has 3 rings (SSSR count). The predicted molar refractivity (Wildman–Crippen MR) is 114 cm³/mol. The van der Waals surface area contributed by atoms with Gasteiger partial charge in [-0.15, -0.1) is 0 Å². The highest BCUT2D eigenvalue weighted by Crippen LogP contribution is 2.31. The Hall–Kier alpha value is -3.00. The van der Waals surface area contributed by atoms with Crippen molar-refractivity contribution < 1.29 is 14.4 Å². The minimum absolute atomic E-state index is 0.0318. The standard InChI is InChI=1S/C21H24ClN5O3/c1-27(2)21(30)14-7-5-13(6-8-14)19(28)25-16-4-3-11-23-18(16)20(29)26-17-10-9-15(22)12-24-17/h3-4,9-14H,5-8H2,1-2H3,(H,25,28)(H,24,26,29)/t13-,14-. The summed E-state index contributed by atoms with van der Waals surface area (Å²) in [5, 5.41) is 5.93. The van der Waals surface area contributed by atoms with Crippen LogP contribution in [-0.2, 0) is 9.59 Å².